The van der Waals surface area contributed by atoms with Crippen molar-refractivity contribution in [1.29, 1.82) is 0 Å². The number of ketones is 1. The van der Waals surface area contributed by atoms with Crippen LogP contribution < -0.4 is 4.90 Å². The maximum Gasteiger partial charge on any atom is 0.355 e. The van der Waals surface area contributed by atoms with Crippen LogP contribution in [0.3, 0.4) is 0 Å². The Bertz CT molecular complexity index is 895. The molecule has 0 aliphatic carbocycles. The number of rotatable bonds is 5. The van der Waals surface area contributed by atoms with E-state index < -0.39 is 5.97 Å². The topological polar surface area (TPSA) is 82.7 Å². The lowest BCUT2D eigenvalue weighted by Crippen LogP contribution is -2.50. The maximum absolute atomic E-state index is 12.4. The number of anilines is 1. The number of piperazine rings is 1. The Morgan fingerprint density at radius 1 is 1.11 bits per heavy atom. The summed E-state index contributed by atoms with van der Waals surface area (Å²) in [6, 6.07) is 7.68. The highest BCUT2D eigenvalue weighted by molar-refractivity contribution is 5.97. The molecule has 0 unspecified atom stereocenters. The van der Waals surface area contributed by atoms with Crippen molar-refractivity contribution >= 4 is 23.3 Å². The first-order valence-electron chi connectivity index (χ1n) is 9.32. The summed E-state index contributed by atoms with van der Waals surface area (Å²) >= 11 is 0. The predicted octanol–water partition coefficient (Wildman–Crippen LogP) is 2.34. The van der Waals surface area contributed by atoms with Gasteiger partial charge >= 0.3 is 5.97 Å². The van der Waals surface area contributed by atoms with E-state index in [1.165, 1.54) is 36.0 Å². The second-order valence-electron chi connectivity index (χ2n) is 7.02. The molecule has 0 atom stereocenters. The van der Waals surface area contributed by atoms with Crippen LogP contribution >= 0.6 is 0 Å². The van der Waals surface area contributed by atoms with Gasteiger partial charge in [0.1, 0.15) is 5.69 Å². The second-order valence-corrected chi connectivity index (χ2v) is 7.02. The molecule has 1 fully saturated rings. The fourth-order valence-electron chi connectivity index (χ4n) is 3.29. The molecule has 148 valence electrons. The van der Waals surface area contributed by atoms with Crippen LogP contribution in [0.1, 0.15) is 38.9 Å². The summed E-state index contributed by atoms with van der Waals surface area (Å²) in [5.74, 6) is -1.00. The number of aromatic nitrogens is 1. The number of benzene rings is 1. The third-order valence-electron chi connectivity index (χ3n) is 5.19. The monoisotopic (exact) mass is 383 g/mol. The van der Waals surface area contributed by atoms with Crippen LogP contribution in [0, 0.1) is 13.8 Å². The van der Waals surface area contributed by atoms with E-state index in [0.717, 1.165) is 13.1 Å². The molecule has 28 heavy (non-hydrogen) atoms. The number of carbonyl (C=O) groups excluding carboxylic acids is 3. The molecule has 2 heterocycles. The van der Waals surface area contributed by atoms with Gasteiger partial charge in [-0.1, -0.05) is 12.1 Å². The van der Waals surface area contributed by atoms with E-state index >= 15 is 0 Å². The van der Waals surface area contributed by atoms with Crippen molar-refractivity contribution in [2.75, 3.05) is 37.7 Å². The van der Waals surface area contributed by atoms with Gasteiger partial charge in [-0.15, -0.1) is 0 Å². The first-order chi connectivity index (χ1) is 13.4. The predicted molar refractivity (Wildman–Crippen MR) is 106 cm³/mol. The Morgan fingerprint density at radius 3 is 2.46 bits per heavy atom. The molecule has 2 aromatic rings. The molecule has 0 bridgehead atoms. The van der Waals surface area contributed by atoms with E-state index in [-0.39, 0.29) is 24.0 Å². The molecule has 0 saturated carbocycles. The zero-order chi connectivity index (χ0) is 20.3. The van der Waals surface area contributed by atoms with Gasteiger partial charge in [-0.25, -0.2) is 4.79 Å². The van der Waals surface area contributed by atoms with Crippen molar-refractivity contribution in [3.63, 3.8) is 0 Å². The lowest BCUT2D eigenvalue weighted by Gasteiger charge is -2.37. The number of carbonyl (C=O) groups is 3. The van der Waals surface area contributed by atoms with Crippen LogP contribution in [-0.2, 0) is 9.53 Å². The zero-order valence-corrected chi connectivity index (χ0v) is 16.4. The van der Waals surface area contributed by atoms with Gasteiger partial charge < -0.3 is 19.5 Å². The smallest absolute Gasteiger partial charge is 0.355 e. The molecule has 0 radical (unpaired) electrons. The van der Waals surface area contributed by atoms with Crippen LogP contribution in [0.2, 0.25) is 0 Å². The molecule has 1 aromatic heterocycles. The van der Waals surface area contributed by atoms with Gasteiger partial charge in [-0.2, -0.15) is 0 Å². The minimum absolute atomic E-state index is 0.145. The number of H-pyrrole nitrogens is 1. The van der Waals surface area contributed by atoms with Gasteiger partial charge in [-0.3, -0.25) is 9.59 Å². The van der Waals surface area contributed by atoms with Crippen molar-refractivity contribution in [3.05, 3.63) is 52.8 Å². The highest BCUT2D eigenvalue weighted by Gasteiger charge is 2.23. The first-order valence-corrected chi connectivity index (χ1v) is 9.32. The highest BCUT2D eigenvalue weighted by atomic mass is 16.5. The molecule has 1 aromatic carbocycles. The average Bonchev–Trinajstić information content (AvgIpc) is 3.19. The van der Waals surface area contributed by atoms with Crippen LogP contribution in [0.4, 0.5) is 5.69 Å². The summed E-state index contributed by atoms with van der Waals surface area (Å²) in [7, 11) is 0. The van der Waals surface area contributed by atoms with E-state index in [9.17, 15) is 14.4 Å². The van der Waals surface area contributed by atoms with E-state index in [4.69, 9.17) is 4.74 Å². The maximum atomic E-state index is 12.4. The quantitative estimate of drug-likeness (QED) is 0.633. The van der Waals surface area contributed by atoms with Crippen molar-refractivity contribution in [2.24, 2.45) is 0 Å². The first kappa shape index (κ1) is 19.7. The van der Waals surface area contributed by atoms with Gasteiger partial charge in [-0.05, 0) is 44.0 Å². The number of Topliss-reactive ketones (excluding diaryl/α,β-unsaturated/α-hetero) is 1. The summed E-state index contributed by atoms with van der Waals surface area (Å²) < 4.78 is 5.10. The van der Waals surface area contributed by atoms with Gasteiger partial charge in [0.05, 0.1) is 0 Å². The highest BCUT2D eigenvalue weighted by Crippen LogP contribution is 2.23. The number of amides is 1. The number of esters is 1. The molecule has 7 nitrogen and oxygen atoms in total. The zero-order valence-electron chi connectivity index (χ0n) is 16.4. The van der Waals surface area contributed by atoms with Crippen molar-refractivity contribution < 1.29 is 19.1 Å². The van der Waals surface area contributed by atoms with Crippen LogP contribution in [0.5, 0.6) is 0 Å². The van der Waals surface area contributed by atoms with Crippen molar-refractivity contribution in [3.8, 4) is 0 Å². The molecule has 1 N–H and O–H groups in total. The summed E-state index contributed by atoms with van der Waals surface area (Å²) in [6.45, 7) is 7.96. The molecular weight excluding hydrogens is 358 g/mol. The van der Waals surface area contributed by atoms with E-state index in [2.05, 4.69) is 35.9 Å². The summed E-state index contributed by atoms with van der Waals surface area (Å²) in [6.07, 6.45) is 1.45. The number of hydrogen-bond acceptors (Lipinski definition) is 5. The number of ether oxygens (including phenoxy) is 1. The molecular formula is C21H25N3O4. The molecule has 0 spiro atoms. The normalized spacial score (nSPS) is 14.1. The molecule has 3 rings (SSSR count). The fourth-order valence-corrected chi connectivity index (χ4v) is 3.29. The van der Waals surface area contributed by atoms with Crippen LogP contribution in [-0.4, -0.2) is 60.3 Å². The second kappa shape index (κ2) is 8.29. The summed E-state index contributed by atoms with van der Waals surface area (Å²) in [5, 5.41) is 0. The molecule has 7 heteroatoms. The van der Waals surface area contributed by atoms with E-state index in [1.54, 1.807) is 4.90 Å². The van der Waals surface area contributed by atoms with Crippen LogP contribution in [0.25, 0.3) is 0 Å². The van der Waals surface area contributed by atoms with Gasteiger partial charge in [0.25, 0.3) is 5.91 Å². The van der Waals surface area contributed by atoms with Crippen molar-refractivity contribution in [1.82, 2.24) is 9.88 Å². The van der Waals surface area contributed by atoms with Crippen molar-refractivity contribution in [2.45, 2.75) is 20.8 Å². The molecule has 1 amide bonds. The van der Waals surface area contributed by atoms with Gasteiger partial charge in [0, 0.05) is 43.6 Å². The number of hydrogen-bond donors (Lipinski definition) is 1. The molecule has 1 aliphatic rings. The Kier molecular flexibility index (Phi) is 5.82. The number of nitrogens with zero attached hydrogens (tertiary/aromatic N) is 2. The largest absolute Gasteiger partial charge is 0.451 e. The third-order valence-corrected chi connectivity index (χ3v) is 5.19. The average molecular weight is 383 g/mol. The Morgan fingerprint density at radius 2 is 1.82 bits per heavy atom. The minimum Gasteiger partial charge on any atom is -0.451 e. The number of aryl methyl sites for hydroxylation is 1. The van der Waals surface area contributed by atoms with Gasteiger partial charge in [0.15, 0.2) is 12.4 Å². The lowest BCUT2D eigenvalue weighted by atomic mass is 10.1. The number of nitrogens with one attached hydrogen (secondary N) is 1. The SMILES string of the molecule is CC(=O)c1c[nH]c(C(=O)OCC(=O)N2CCN(c3cccc(C)c3C)CC2)c1. The Balaban J connectivity index is 1.50. The summed E-state index contributed by atoms with van der Waals surface area (Å²) in [4.78, 5) is 42.4. The third kappa shape index (κ3) is 4.24. The van der Waals surface area contributed by atoms with Crippen LogP contribution in [0.15, 0.2) is 30.5 Å². The Hall–Kier alpha value is -3.09. The Labute approximate surface area is 164 Å². The number of aromatic amines is 1. The summed E-state index contributed by atoms with van der Waals surface area (Å²) in [5.41, 5.74) is 4.28. The minimum atomic E-state index is -0.644. The van der Waals surface area contributed by atoms with E-state index in [0.29, 0.717) is 18.7 Å². The molecule has 1 saturated heterocycles. The standard InChI is InChI=1S/C21H25N3O4/c1-14-5-4-6-19(15(14)2)23-7-9-24(10-8-23)20(26)13-28-21(27)18-11-17(12-22-18)16(3)25/h4-6,11-12,22H,7-10,13H2,1-3H3. The molecule has 1 aliphatic heterocycles. The fraction of sp³-hybridized carbons (Fsp3) is 0.381. The van der Waals surface area contributed by atoms with E-state index in [1.807, 2.05) is 6.07 Å². The van der Waals surface area contributed by atoms with Gasteiger partial charge in [0.2, 0.25) is 0 Å². The lowest BCUT2D eigenvalue weighted by molar-refractivity contribution is -0.134.